The molecule has 2 aromatic carbocycles. The summed E-state index contributed by atoms with van der Waals surface area (Å²) in [5.41, 5.74) is 0.837. The Morgan fingerprint density at radius 3 is 2.41 bits per heavy atom. The van der Waals surface area contributed by atoms with Crippen LogP contribution in [0, 0.1) is 0 Å². The molecule has 2 N–H and O–H groups in total. The van der Waals surface area contributed by atoms with E-state index in [2.05, 4.69) is 10.6 Å². The number of ether oxygens (including phenoxy) is 1. The van der Waals surface area contributed by atoms with Gasteiger partial charge in [-0.25, -0.2) is 0 Å². The van der Waals surface area contributed by atoms with Crippen molar-refractivity contribution in [2.45, 2.75) is 6.54 Å². The van der Waals surface area contributed by atoms with Gasteiger partial charge in [-0.3, -0.25) is 14.4 Å². The maximum atomic E-state index is 13.0. The van der Waals surface area contributed by atoms with E-state index in [1.165, 1.54) is 11.2 Å². The van der Waals surface area contributed by atoms with Gasteiger partial charge in [0.2, 0.25) is 11.8 Å². The van der Waals surface area contributed by atoms with Crippen LogP contribution in [-0.2, 0) is 16.1 Å². The van der Waals surface area contributed by atoms with Crippen LogP contribution in [0.15, 0.2) is 71.3 Å². The third-order valence-electron chi connectivity index (χ3n) is 4.47. The number of benzene rings is 2. The zero-order valence-electron chi connectivity index (χ0n) is 17.3. The molecule has 0 atom stereocenters. The van der Waals surface area contributed by atoms with Gasteiger partial charge in [-0.1, -0.05) is 23.7 Å². The lowest BCUT2D eigenvalue weighted by Crippen LogP contribution is -2.42. The maximum absolute atomic E-state index is 13.0. The predicted molar refractivity (Wildman–Crippen MR) is 120 cm³/mol. The number of hydrogen-bond donors (Lipinski definition) is 2. The summed E-state index contributed by atoms with van der Waals surface area (Å²) in [5.74, 6) is -0.156. The highest BCUT2D eigenvalue weighted by Gasteiger charge is 2.22. The van der Waals surface area contributed by atoms with Crippen molar-refractivity contribution in [2.24, 2.45) is 0 Å². The topological polar surface area (TPSA) is 101 Å². The van der Waals surface area contributed by atoms with Crippen molar-refractivity contribution in [1.82, 2.24) is 10.2 Å². The van der Waals surface area contributed by atoms with E-state index < -0.39 is 17.7 Å². The summed E-state index contributed by atoms with van der Waals surface area (Å²) in [5, 5.41) is 5.47. The zero-order valence-corrected chi connectivity index (χ0v) is 18.1. The molecule has 166 valence electrons. The highest BCUT2D eigenvalue weighted by atomic mass is 35.5. The number of furan rings is 1. The smallest absolute Gasteiger partial charge is 0.256 e. The molecule has 1 heterocycles. The number of rotatable bonds is 9. The summed E-state index contributed by atoms with van der Waals surface area (Å²) in [6, 6.07) is 16.8. The van der Waals surface area contributed by atoms with Crippen LogP contribution in [0.2, 0.25) is 5.02 Å². The third-order valence-corrected chi connectivity index (χ3v) is 4.80. The van der Waals surface area contributed by atoms with Gasteiger partial charge in [0, 0.05) is 5.69 Å². The third kappa shape index (κ3) is 6.36. The van der Waals surface area contributed by atoms with Gasteiger partial charge in [0.25, 0.3) is 5.91 Å². The van der Waals surface area contributed by atoms with E-state index in [9.17, 15) is 14.4 Å². The number of amides is 3. The number of carbonyl (C=O) groups is 3. The van der Waals surface area contributed by atoms with E-state index in [0.29, 0.717) is 17.2 Å². The normalized spacial score (nSPS) is 10.3. The summed E-state index contributed by atoms with van der Waals surface area (Å²) < 4.78 is 10.4. The van der Waals surface area contributed by atoms with Crippen LogP contribution >= 0.6 is 11.6 Å². The average molecular weight is 456 g/mol. The number of nitrogens with zero attached hydrogens (tertiary/aromatic N) is 1. The first-order chi connectivity index (χ1) is 15.5. The zero-order chi connectivity index (χ0) is 22.9. The Kier molecular flexibility index (Phi) is 7.88. The van der Waals surface area contributed by atoms with Gasteiger partial charge in [0.1, 0.15) is 18.1 Å². The molecule has 1 aromatic heterocycles. The molecule has 0 aliphatic heterocycles. The van der Waals surface area contributed by atoms with Gasteiger partial charge in [-0.15, -0.1) is 0 Å². The highest BCUT2D eigenvalue weighted by molar-refractivity contribution is 6.33. The predicted octanol–water partition coefficient (Wildman–Crippen LogP) is 3.34. The molecule has 0 saturated heterocycles. The molecule has 9 heteroatoms. The molecule has 0 saturated carbocycles. The van der Waals surface area contributed by atoms with Crippen LogP contribution in [-0.4, -0.2) is 42.8 Å². The first-order valence-corrected chi connectivity index (χ1v) is 10.1. The van der Waals surface area contributed by atoms with E-state index in [4.69, 9.17) is 20.8 Å². The largest absolute Gasteiger partial charge is 0.497 e. The fraction of sp³-hybridized carbons (Fsp3) is 0.174. The van der Waals surface area contributed by atoms with Crippen LogP contribution in [0.5, 0.6) is 5.75 Å². The minimum absolute atomic E-state index is 0.0719. The van der Waals surface area contributed by atoms with Crippen LogP contribution in [0.1, 0.15) is 16.1 Å². The SMILES string of the molecule is COc1ccc(NC(=O)CNC(=O)CN(Cc2ccco2)C(=O)c2ccccc2Cl)cc1. The number of nitrogens with one attached hydrogen (secondary N) is 2. The number of carbonyl (C=O) groups excluding carboxylic acids is 3. The van der Waals surface area contributed by atoms with Gasteiger partial charge in [0.05, 0.1) is 37.0 Å². The fourth-order valence-corrected chi connectivity index (χ4v) is 3.10. The highest BCUT2D eigenvalue weighted by Crippen LogP contribution is 2.19. The van der Waals surface area contributed by atoms with Crippen molar-refractivity contribution in [1.29, 1.82) is 0 Å². The summed E-state index contributed by atoms with van der Waals surface area (Å²) in [4.78, 5) is 38.9. The lowest BCUT2D eigenvalue weighted by atomic mass is 10.2. The van der Waals surface area contributed by atoms with Crippen molar-refractivity contribution >= 4 is 35.0 Å². The lowest BCUT2D eigenvalue weighted by Gasteiger charge is -2.21. The Labute approximate surface area is 190 Å². The van der Waals surface area contributed by atoms with Crippen LogP contribution < -0.4 is 15.4 Å². The van der Waals surface area contributed by atoms with Crippen LogP contribution in [0.4, 0.5) is 5.69 Å². The van der Waals surface area contributed by atoms with E-state index in [1.807, 2.05) is 0 Å². The Morgan fingerprint density at radius 1 is 1.00 bits per heavy atom. The van der Waals surface area contributed by atoms with Gasteiger partial charge in [-0.2, -0.15) is 0 Å². The first kappa shape index (κ1) is 22.9. The number of hydrogen-bond acceptors (Lipinski definition) is 5. The second kappa shape index (κ2) is 11.0. The summed E-state index contributed by atoms with van der Waals surface area (Å²) >= 11 is 6.15. The van der Waals surface area contributed by atoms with Crippen LogP contribution in [0.25, 0.3) is 0 Å². The quantitative estimate of drug-likeness (QED) is 0.515. The molecule has 3 amide bonds. The van der Waals surface area contributed by atoms with Gasteiger partial charge in [-0.05, 0) is 48.5 Å². The molecular weight excluding hydrogens is 434 g/mol. The van der Waals surface area contributed by atoms with Gasteiger partial charge >= 0.3 is 0 Å². The molecule has 3 rings (SSSR count). The van der Waals surface area contributed by atoms with Gasteiger partial charge < -0.3 is 24.7 Å². The molecule has 0 spiro atoms. The minimum atomic E-state index is -0.498. The van der Waals surface area contributed by atoms with Gasteiger partial charge in [0.15, 0.2) is 0 Å². The Bertz CT molecular complexity index is 1070. The summed E-state index contributed by atoms with van der Waals surface area (Å²) in [7, 11) is 1.55. The number of halogens is 1. The molecule has 8 nitrogen and oxygen atoms in total. The molecule has 0 aliphatic carbocycles. The summed E-state index contributed by atoms with van der Waals surface area (Å²) in [6.45, 7) is -0.456. The van der Waals surface area contributed by atoms with E-state index >= 15 is 0 Å². The maximum Gasteiger partial charge on any atom is 0.256 e. The van der Waals surface area contributed by atoms with E-state index in [1.54, 1.807) is 67.8 Å². The molecule has 0 unspecified atom stereocenters. The molecular formula is C23H22ClN3O5. The molecule has 0 aliphatic rings. The second-order valence-electron chi connectivity index (χ2n) is 6.77. The van der Waals surface area contributed by atoms with Crippen molar-refractivity contribution in [3.63, 3.8) is 0 Å². The standard InChI is InChI=1S/C23H22ClN3O5/c1-31-17-10-8-16(9-11-17)26-21(28)13-25-22(29)15-27(14-18-5-4-12-32-18)23(30)19-6-2-3-7-20(19)24/h2-12H,13-15H2,1H3,(H,25,29)(H,26,28). The Balaban J connectivity index is 1.59. The molecule has 32 heavy (non-hydrogen) atoms. The number of methoxy groups -OCH3 is 1. The van der Waals surface area contributed by atoms with Crippen molar-refractivity contribution in [3.8, 4) is 5.75 Å². The molecule has 0 fully saturated rings. The monoisotopic (exact) mass is 455 g/mol. The lowest BCUT2D eigenvalue weighted by molar-refractivity contribution is -0.124. The Morgan fingerprint density at radius 2 is 1.75 bits per heavy atom. The van der Waals surface area contributed by atoms with Crippen LogP contribution in [0.3, 0.4) is 0 Å². The van der Waals surface area contributed by atoms with E-state index in [-0.39, 0.29) is 30.2 Å². The first-order valence-electron chi connectivity index (χ1n) is 9.73. The minimum Gasteiger partial charge on any atom is -0.497 e. The van der Waals surface area contributed by atoms with Crippen molar-refractivity contribution in [2.75, 3.05) is 25.5 Å². The number of anilines is 1. The Hall–Kier alpha value is -3.78. The van der Waals surface area contributed by atoms with Crippen molar-refractivity contribution in [3.05, 3.63) is 83.3 Å². The van der Waals surface area contributed by atoms with Crippen molar-refractivity contribution < 1.29 is 23.5 Å². The molecule has 3 aromatic rings. The molecule has 0 radical (unpaired) electrons. The fourth-order valence-electron chi connectivity index (χ4n) is 2.88. The van der Waals surface area contributed by atoms with E-state index in [0.717, 1.165) is 0 Å². The average Bonchev–Trinajstić information content (AvgIpc) is 3.31. The summed E-state index contributed by atoms with van der Waals surface area (Å²) in [6.07, 6.45) is 1.48. The second-order valence-corrected chi connectivity index (χ2v) is 7.18. The molecule has 0 bridgehead atoms.